The van der Waals surface area contributed by atoms with Crippen molar-refractivity contribution in [2.24, 2.45) is 0 Å². The molecular formula is C12H16N6O2S. The summed E-state index contributed by atoms with van der Waals surface area (Å²) in [5.41, 5.74) is 1.54. The van der Waals surface area contributed by atoms with Crippen molar-refractivity contribution in [1.82, 2.24) is 30.2 Å². The molecule has 0 radical (unpaired) electrons. The van der Waals surface area contributed by atoms with Gasteiger partial charge in [0.1, 0.15) is 5.82 Å². The van der Waals surface area contributed by atoms with Crippen LogP contribution in [0, 0.1) is 13.8 Å². The van der Waals surface area contributed by atoms with Crippen molar-refractivity contribution in [3.05, 3.63) is 17.6 Å². The Balaban J connectivity index is 2.20. The molecule has 0 aliphatic rings. The number of rotatable bonds is 3. The van der Waals surface area contributed by atoms with Crippen LogP contribution in [0.25, 0.3) is 5.65 Å². The molecule has 0 bridgehead atoms. The third-order valence-electron chi connectivity index (χ3n) is 2.77. The normalized spacial score (nSPS) is 12.2. The number of amides is 3. The van der Waals surface area contributed by atoms with Crippen molar-refractivity contribution >= 4 is 29.3 Å². The number of carbonyl (C=O) groups is 2. The van der Waals surface area contributed by atoms with Crippen LogP contribution in [0.2, 0.25) is 0 Å². The third-order valence-corrected chi connectivity index (χ3v) is 3.82. The van der Waals surface area contributed by atoms with Gasteiger partial charge in [-0.2, -0.15) is 0 Å². The molecule has 0 aliphatic carbocycles. The average molecular weight is 308 g/mol. The van der Waals surface area contributed by atoms with E-state index in [0.29, 0.717) is 10.8 Å². The zero-order valence-corrected chi connectivity index (χ0v) is 13.0. The Bertz CT molecular complexity index is 698. The highest BCUT2D eigenvalue weighted by atomic mass is 32.2. The number of thioether (sulfide) groups is 1. The summed E-state index contributed by atoms with van der Waals surface area (Å²) in [5.74, 6) is 0.352. The molecule has 0 aromatic carbocycles. The lowest BCUT2D eigenvalue weighted by Gasteiger charge is -2.10. The van der Waals surface area contributed by atoms with Crippen LogP contribution in [0.15, 0.2) is 11.2 Å². The molecule has 0 spiro atoms. The molecule has 0 saturated heterocycles. The Morgan fingerprint density at radius 2 is 2.05 bits per heavy atom. The number of urea groups is 1. The average Bonchev–Trinajstić information content (AvgIpc) is 2.81. The number of carbonyl (C=O) groups excluding carboxylic acids is 2. The molecule has 1 atom stereocenters. The number of hydrogen-bond acceptors (Lipinski definition) is 6. The fraction of sp³-hybridized carbons (Fsp3) is 0.417. The summed E-state index contributed by atoms with van der Waals surface area (Å²) in [6, 6.07) is 1.28. The lowest BCUT2D eigenvalue weighted by Crippen LogP contribution is -2.41. The largest absolute Gasteiger partial charge is 0.341 e. The van der Waals surface area contributed by atoms with Crippen LogP contribution in [0.5, 0.6) is 0 Å². The van der Waals surface area contributed by atoms with Gasteiger partial charge < -0.3 is 5.32 Å². The monoisotopic (exact) mass is 308 g/mol. The summed E-state index contributed by atoms with van der Waals surface area (Å²) in [6.07, 6.45) is 0. The number of aromatic nitrogens is 4. The highest BCUT2D eigenvalue weighted by Gasteiger charge is 2.20. The number of nitrogens with one attached hydrogen (secondary N) is 2. The predicted molar refractivity (Wildman–Crippen MR) is 78.2 cm³/mol. The highest BCUT2D eigenvalue weighted by Crippen LogP contribution is 2.23. The van der Waals surface area contributed by atoms with Gasteiger partial charge in [-0.3, -0.25) is 14.5 Å². The van der Waals surface area contributed by atoms with Crippen molar-refractivity contribution < 1.29 is 9.59 Å². The molecule has 0 saturated carbocycles. The maximum absolute atomic E-state index is 11.8. The minimum atomic E-state index is -0.535. The van der Waals surface area contributed by atoms with Gasteiger partial charge in [-0.25, -0.2) is 9.78 Å². The molecule has 112 valence electrons. The van der Waals surface area contributed by atoms with E-state index in [-0.39, 0.29) is 0 Å². The number of hydrogen-bond donors (Lipinski definition) is 2. The van der Waals surface area contributed by atoms with E-state index in [2.05, 4.69) is 25.8 Å². The molecule has 0 fully saturated rings. The zero-order valence-electron chi connectivity index (χ0n) is 12.2. The van der Waals surface area contributed by atoms with Crippen LogP contribution in [0.4, 0.5) is 4.79 Å². The minimum Gasteiger partial charge on any atom is -0.341 e. The molecule has 2 N–H and O–H groups in total. The Hall–Kier alpha value is -2.16. The molecule has 2 heterocycles. The van der Waals surface area contributed by atoms with Gasteiger partial charge in [0, 0.05) is 18.8 Å². The molecule has 1 unspecified atom stereocenters. The van der Waals surface area contributed by atoms with Crippen molar-refractivity contribution in [1.29, 1.82) is 0 Å². The smallest absolute Gasteiger partial charge is 0.321 e. The van der Waals surface area contributed by atoms with E-state index in [4.69, 9.17) is 0 Å². The summed E-state index contributed by atoms with van der Waals surface area (Å²) >= 11 is 1.22. The van der Waals surface area contributed by atoms with Crippen molar-refractivity contribution in [3.8, 4) is 0 Å². The summed E-state index contributed by atoms with van der Waals surface area (Å²) in [5, 5.41) is 12.8. The van der Waals surface area contributed by atoms with E-state index in [9.17, 15) is 9.59 Å². The van der Waals surface area contributed by atoms with Gasteiger partial charge in [-0.1, -0.05) is 11.8 Å². The first-order valence-corrected chi connectivity index (χ1v) is 7.19. The predicted octanol–water partition coefficient (Wildman–Crippen LogP) is 0.677. The molecule has 0 aliphatic heterocycles. The van der Waals surface area contributed by atoms with Gasteiger partial charge in [0.15, 0.2) is 10.8 Å². The standard InChI is InChI=1S/C12H16N6O2S/c1-6-5-9-16-17-12(18(9)8(3)14-6)21-7(2)10(19)15-11(20)13-4/h5,7H,1-4H3,(H2,13,15,19,20). The number of nitrogens with zero attached hydrogens (tertiary/aromatic N) is 4. The summed E-state index contributed by atoms with van der Waals surface area (Å²) < 4.78 is 1.78. The molecule has 2 aromatic rings. The Labute approximate surface area is 125 Å². The second-order valence-corrected chi connectivity index (χ2v) is 5.76. The topological polar surface area (TPSA) is 101 Å². The first kappa shape index (κ1) is 15.2. The fourth-order valence-electron chi connectivity index (χ4n) is 1.77. The molecule has 8 nitrogen and oxygen atoms in total. The molecule has 3 amide bonds. The van der Waals surface area contributed by atoms with Crippen LogP contribution < -0.4 is 10.6 Å². The summed E-state index contributed by atoms with van der Waals surface area (Å²) in [6.45, 7) is 5.43. The maximum Gasteiger partial charge on any atom is 0.321 e. The SMILES string of the molecule is CNC(=O)NC(=O)C(C)Sc1nnc2cc(C)nc(C)n12. The van der Waals surface area contributed by atoms with Crippen molar-refractivity contribution in [2.45, 2.75) is 31.2 Å². The van der Waals surface area contributed by atoms with Crippen molar-refractivity contribution in [3.63, 3.8) is 0 Å². The van der Waals surface area contributed by atoms with E-state index in [0.717, 1.165) is 11.5 Å². The lowest BCUT2D eigenvalue weighted by molar-refractivity contribution is -0.119. The van der Waals surface area contributed by atoms with Crippen LogP contribution in [0.3, 0.4) is 0 Å². The lowest BCUT2D eigenvalue weighted by atomic mass is 10.4. The molecule has 2 aromatic heterocycles. The van der Waals surface area contributed by atoms with E-state index >= 15 is 0 Å². The first-order chi connectivity index (χ1) is 9.92. The Kier molecular flexibility index (Phi) is 4.41. The summed E-state index contributed by atoms with van der Waals surface area (Å²) in [7, 11) is 1.45. The summed E-state index contributed by atoms with van der Waals surface area (Å²) in [4.78, 5) is 27.3. The molecule has 21 heavy (non-hydrogen) atoms. The second-order valence-electron chi connectivity index (χ2n) is 4.45. The third kappa shape index (κ3) is 3.30. The molecular weight excluding hydrogens is 292 g/mol. The van der Waals surface area contributed by atoms with Gasteiger partial charge in [-0.15, -0.1) is 10.2 Å². The fourth-order valence-corrected chi connectivity index (χ4v) is 2.67. The Morgan fingerprint density at radius 1 is 1.33 bits per heavy atom. The van der Waals surface area contributed by atoms with Gasteiger partial charge in [0.05, 0.1) is 5.25 Å². The number of imide groups is 1. The number of fused-ring (bicyclic) bond motifs is 1. The number of aryl methyl sites for hydroxylation is 2. The van der Waals surface area contributed by atoms with E-state index in [1.165, 1.54) is 18.8 Å². The van der Waals surface area contributed by atoms with Gasteiger partial charge in [-0.05, 0) is 20.8 Å². The van der Waals surface area contributed by atoms with Crippen molar-refractivity contribution in [2.75, 3.05) is 7.05 Å². The second kappa shape index (κ2) is 6.08. The van der Waals surface area contributed by atoms with E-state index in [1.54, 1.807) is 11.3 Å². The van der Waals surface area contributed by atoms with Gasteiger partial charge >= 0.3 is 6.03 Å². The first-order valence-electron chi connectivity index (χ1n) is 6.31. The minimum absolute atomic E-state index is 0.395. The maximum atomic E-state index is 11.8. The Morgan fingerprint density at radius 3 is 2.71 bits per heavy atom. The van der Waals surface area contributed by atoms with Crippen LogP contribution in [0.1, 0.15) is 18.4 Å². The molecule has 2 rings (SSSR count). The van der Waals surface area contributed by atoms with Crippen LogP contribution >= 0.6 is 11.8 Å². The van der Waals surface area contributed by atoms with Crippen LogP contribution in [-0.2, 0) is 4.79 Å². The molecule has 9 heteroatoms. The quantitative estimate of drug-likeness (QED) is 0.809. The van der Waals surface area contributed by atoms with Crippen LogP contribution in [-0.4, -0.2) is 43.8 Å². The van der Waals surface area contributed by atoms with E-state index in [1.807, 2.05) is 19.9 Å². The highest BCUT2D eigenvalue weighted by molar-refractivity contribution is 8.00. The zero-order chi connectivity index (χ0) is 15.6. The van der Waals surface area contributed by atoms with Gasteiger partial charge in [0.2, 0.25) is 5.91 Å². The van der Waals surface area contributed by atoms with Gasteiger partial charge in [0.25, 0.3) is 0 Å². The van der Waals surface area contributed by atoms with E-state index < -0.39 is 17.2 Å².